The number of anilines is 2. The van der Waals surface area contributed by atoms with Gasteiger partial charge in [-0.3, -0.25) is 9.69 Å². The van der Waals surface area contributed by atoms with Gasteiger partial charge in [0.1, 0.15) is 0 Å². The van der Waals surface area contributed by atoms with Crippen LogP contribution in [0.1, 0.15) is 35.6 Å². The summed E-state index contributed by atoms with van der Waals surface area (Å²) in [5.41, 5.74) is 2.78. The molecule has 3 aromatic rings. The van der Waals surface area contributed by atoms with Crippen molar-refractivity contribution in [3.8, 4) is 0 Å². The number of amides is 1. The molecule has 0 aliphatic carbocycles. The summed E-state index contributed by atoms with van der Waals surface area (Å²) in [4.78, 5) is 18.6. The molecule has 0 aliphatic heterocycles. The van der Waals surface area contributed by atoms with Crippen LogP contribution in [0.3, 0.4) is 0 Å². The van der Waals surface area contributed by atoms with E-state index in [-0.39, 0.29) is 15.8 Å². The van der Waals surface area contributed by atoms with Crippen LogP contribution in [0.15, 0.2) is 53.4 Å². The molecule has 0 saturated heterocycles. The first-order valence-electron chi connectivity index (χ1n) is 9.99. The molecule has 1 heterocycles. The summed E-state index contributed by atoms with van der Waals surface area (Å²) in [7, 11) is -3.39. The SMILES string of the molecule is CCc1[nH]c(C[C@H](C)O)cc1C(=O)N(c1ccc(S(C)(=O)=O)cc1)c1ccc(Cl)cc1Cl. The van der Waals surface area contributed by atoms with E-state index in [4.69, 9.17) is 23.2 Å². The van der Waals surface area contributed by atoms with Crippen molar-refractivity contribution in [3.05, 3.63) is 75.5 Å². The molecule has 0 unspecified atom stereocenters. The van der Waals surface area contributed by atoms with E-state index < -0.39 is 15.9 Å². The Morgan fingerprint density at radius 3 is 2.31 bits per heavy atom. The van der Waals surface area contributed by atoms with Crippen molar-refractivity contribution in [2.45, 2.75) is 37.7 Å². The summed E-state index contributed by atoms with van der Waals surface area (Å²) in [5, 5.41) is 10.4. The number of rotatable bonds is 7. The van der Waals surface area contributed by atoms with Gasteiger partial charge in [0.2, 0.25) is 0 Å². The molecule has 3 rings (SSSR count). The smallest absolute Gasteiger partial charge is 0.264 e. The van der Waals surface area contributed by atoms with Crippen LogP contribution in [-0.2, 0) is 22.7 Å². The first-order chi connectivity index (χ1) is 15.0. The predicted molar refractivity (Wildman–Crippen MR) is 128 cm³/mol. The van der Waals surface area contributed by atoms with Crippen molar-refractivity contribution in [3.63, 3.8) is 0 Å². The maximum absolute atomic E-state index is 13.8. The van der Waals surface area contributed by atoms with Crippen molar-refractivity contribution in [2.75, 3.05) is 11.2 Å². The molecule has 0 radical (unpaired) electrons. The number of carbonyl (C=O) groups is 1. The minimum atomic E-state index is -3.39. The van der Waals surface area contributed by atoms with Gasteiger partial charge in [-0.15, -0.1) is 0 Å². The molecule has 0 saturated carbocycles. The summed E-state index contributed by atoms with van der Waals surface area (Å²) in [6, 6.07) is 12.6. The number of H-pyrrole nitrogens is 1. The maximum atomic E-state index is 13.8. The van der Waals surface area contributed by atoms with Crippen LogP contribution in [0.25, 0.3) is 0 Å². The highest BCUT2D eigenvalue weighted by molar-refractivity contribution is 7.90. The molecule has 1 amide bonds. The lowest BCUT2D eigenvalue weighted by Crippen LogP contribution is -2.27. The number of nitrogens with zero attached hydrogens (tertiary/aromatic N) is 1. The van der Waals surface area contributed by atoms with Gasteiger partial charge in [0.05, 0.1) is 27.3 Å². The number of carbonyl (C=O) groups excluding carboxylic acids is 1. The van der Waals surface area contributed by atoms with Gasteiger partial charge in [-0.1, -0.05) is 30.1 Å². The summed E-state index contributed by atoms with van der Waals surface area (Å²) >= 11 is 12.5. The first-order valence-corrected chi connectivity index (χ1v) is 12.6. The number of hydrogen-bond acceptors (Lipinski definition) is 4. The minimum absolute atomic E-state index is 0.144. The van der Waals surface area contributed by atoms with E-state index in [0.29, 0.717) is 34.8 Å². The Kier molecular flexibility index (Phi) is 7.35. The molecule has 2 aromatic carbocycles. The average Bonchev–Trinajstić information content (AvgIpc) is 3.11. The van der Waals surface area contributed by atoms with Gasteiger partial charge in [0.25, 0.3) is 5.91 Å². The Hall–Kier alpha value is -2.32. The van der Waals surface area contributed by atoms with Crippen LogP contribution in [-0.4, -0.2) is 36.8 Å². The van der Waals surface area contributed by atoms with E-state index in [2.05, 4.69) is 4.98 Å². The van der Waals surface area contributed by atoms with Gasteiger partial charge >= 0.3 is 0 Å². The Morgan fingerprint density at radius 2 is 1.78 bits per heavy atom. The highest BCUT2D eigenvalue weighted by atomic mass is 35.5. The molecule has 0 fully saturated rings. The fourth-order valence-corrected chi connectivity index (χ4v) is 4.57. The van der Waals surface area contributed by atoms with E-state index in [1.165, 1.54) is 17.0 Å². The standard InChI is InChI=1S/C23H24Cl2N2O4S/c1-4-21-19(13-16(26-21)11-14(2)28)23(29)27(22-10-5-15(24)12-20(22)25)17-6-8-18(9-7-17)32(3,30)31/h5-10,12-14,26,28H,4,11H2,1-3H3/t14-/m0/s1. The molecule has 170 valence electrons. The summed E-state index contributed by atoms with van der Waals surface area (Å²) in [6.45, 7) is 3.60. The number of nitrogens with one attached hydrogen (secondary N) is 1. The zero-order valence-electron chi connectivity index (χ0n) is 17.9. The molecule has 2 N–H and O–H groups in total. The second-order valence-electron chi connectivity index (χ2n) is 7.60. The third kappa shape index (κ3) is 5.35. The fraction of sp³-hybridized carbons (Fsp3) is 0.261. The van der Waals surface area contributed by atoms with Crippen LogP contribution in [0.5, 0.6) is 0 Å². The van der Waals surface area contributed by atoms with Gasteiger partial charge < -0.3 is 10.1 Å². The first kappa shape index (κ1) is 24.3. The molecular formula is C23H24Cl2N2O4S. The quantitative estimate of drug-likeness (QED) is 0.472. The van der Waals surface area contributed by atoms with Gasteiger partial charge in [-0.05, 0) is 61.9 Å². The third-order valence-electron chi connectivity index (χ3n) is 4.93. The number of aromatic amines is 1. The number of hydrogen-bond donors (Lipinski definition) is 2. The summed E-state index contributed by atoms with van der Waals surface area (Å²) in [6.07, 6.45) is 1.52. The van der Waals surface area contributed by atoms with Crippen LogP contribution in [0.2, 0.25) is 10.0 Å². The molecule has 1 atom stereocenters. The Bertz CT molecular complexity index is 1240. The van der Waals surface area contributed by atoms with Gasteiger partial charge in [0.15, 0.2) is 9.84 Å². The molecule has 32 heavy (non-hydrogen) atoms. The van der Waals surface area contributed by atoms with Gasteiger partial charge in [-0.25, -0.2) is 8.42 Å². The number of aliphatic hydroxyl groups is 1. The summed E-state index contributed by atoms with van der Waals surface area (Å²) < 4.78 is 23.7. The second-order valence-corrected chi connectivity index (χ2v) is 10.5. The Labute approximate surface area is 197 Å². The number of aryl methyl sites for hydroxylation is 1. The van der Waals surface area contributed by atoms with Crippen LogP contribution in [0.4, 0.5) is 11.4 Å². The second kappa shape index (κ2) is 9.67. The molecule has 6 nitrogen and oxygen atoms in total. The highest BCUT2D eigenvalue weighted by Gasteiger charge is 2.26. The van der Waals surface area contributed by atoms with Crippen molar-refractivity contribution < 1.29 is 18.3 Å². The number of aromatic nitrogens is 1. The van der Waals surface area contributed by atoms with Crippen molar-refractivity contribution in [1.29, 1.82) is 0 Å². The van der Waals surface area contributed by atoms with Gasteiger partial charge in [0, 0.05) is 34.8 Å². The molecule has 1 aromatic heterocycles. The summed E-state index contributed by atoms with van der Waals surface area (Å²) in [5.74, 6) is -0.341. The molecule has 9 heteroatoms. The number of halogens is 2. The maximum Gasteiger partial charge on any atom is 0.264 e. The van der Waals surface area contributed by atoms with Crippen LogP contribution < -0.4 is 4.90 Å². The fourth-order valence-electron chi connectivity index (χ4n) is 3.45. The topological polar surface area (TPSA) is 90.5 Å². The zero-order chi connectivity index (χ0) is 23.6. The van der Waals surface area contributed by atoms with E-state index in [1.807, 2.05) is 6.92 Å². The zero-order valence-corrected chi connectivity index (χ0v) is 20.2. The lowest BCUT2D eigenvalue weighted by atomic mass is 10.1. The largest absolute Gasteiger partial charge is 0.393 e. The van der Waals surface area contributed by atoms with Crippen molar-refractivity contribution in [2.24, 2.45) is 0 Å². The number of benzene rings is 2. The molecule has 0 aliphatic rings. The molecular weight excluding hydrogens is 471 g/mol. The molecule has 0 bridgehead atoms. The minimum Gasteiger partial charge on any atom is -0.393 e. The molecule has 0 spiro atoms. The van der Waals surface area contributed by atoms with E-state index in [1.54, 1.807) is 43.3 Å². The van der Waals surface area contributed by atoms with E-state index in [9.17, 15) is 18.3 Å². The van der Waals surface area contributed by atoms with E-state index in [0.717, 1.165) is 17.6 Å². The van der Waals surface area contributed by atoms with Crippen molar-refractivity contribution >= 4 is 50.3 Å². The normalized spacial score (nSPS) is 12.6. The predicted octanol–water partition coefficient (Wildman–Crippen LogP) is 5.19. The number of sulfone groups is 1. The Balaban J connectivity index is 2.15. The lowest BCUT2D eigenvalue weighted by molar-refractivity contribution is 0.0998. The third-order valence-corrected chi connectivity index (χ3v) is 6.60. The van der Waals surface area contributed by atoms with Crippen molar-refractivity contribution in [1.82, 2.24) is 4.98 Å². The lowest BCUT2D eigenvalue weighted by Gasteiger charge is -2.24. The highest BCUT2D eigenvalue weighted by Crippen LogP contribution is 2.36. The van der Waals surface area contributed by atoms with Crippen LogP contribution >= 0.6 is 23.2 Å². The monoisotopic (exact) mass is 494 g/mol. The Morgan fingerprint density at radius 1 is 1.12 bits per heavy atom. The van der Waals surface area contributed by atoms with Gasteiger partial charge in [-0.2, -0.15) is 0 Å². The number of aliphatic hydroxyl groups excluding tert-OH is 1. The van der Waals surface area contributed by atoms with Crippen LogP contribution in [0, 0.1) is 0 Å². The average molecular weight is 495 g/mol. The van der Waals surface area contributed by atoms with E-state index >= 15 is 0 Å².